The fourth-order valence-electron chi connectivity index (χ4n) is 3.22. The van der Waals surface area contributed by atoms with Gasteiger partial charge >= 0.3 is 6.03 Å². The Morgan fingerprint density at radius 3 is 2.71 bits per heavy atom. The summed E-state index contributed by atoms with van der Waals surface area (Å²) in [6.07, 6.45) is 1.47. The van der Waals surface area contributed by atoms with E-state index in [0.29, 0.717) is 17.7 Å². The number of aliphatic hydroxyl groups is 1. The number of fused-ring (bicyclic) bond motifs is 1. The Bertz CT molecular complexity index is 788. The number of carbonyl (C=O) groups excluding carboxylic acids is 2. The summed E-state index contributed by atoms with van der Waals surface area (Å²) in [7, 11) is 0. The molecule has 3 rings (SSSR count). The van der Waals surface area contributed by atoms with Crippen LogP contribution in [-0.4, -0.2) is 23.5 Å². The van der Waals surface area contributed by atoms with Crippen molar-refractivity contribution in [1.29, 1.82) is 0 Å². The molecule has 0 fully saturated rings. The molecule has 0 saturated carbocycles. The summed E-state index contributed by atoms with van der Waals surface area (Å²) < 4.78 is 0. The van der Waals surface area contributed by atoms with Gasteiger partial charge in [-0.3, -0.25) is 4.79 Å². The van der Waals surface area contributed by atoms with Gasteiger partial charge < -0.3 is 15.7 Å². The molecule has 1 unspecified atom stereocenters. The lowest BCUT2D eigenvalue weighted by Gasteiger charge is -2.29. The maximum atomic E-state index is 12.4. The van der Waals surface area contributed by atoms with Gasteiger partial charge in [-0.05, 0) is 43.0 Å². The van der Waals surface area contributed by atoms with Gasteiger partial charge in [-0.2, -0.15) is 0 Å². The SMILES string of the molecule is CC(=O)c1cccc(NC(=O)NC2(CO)CCc3ccccc32)c1. The highest BCUT2D eigenvalue weighted by atomic mass is 16.3. The van der Waals surface area contributed by atoms with Crippen LogP contribution in [0.2, 0.25) is 0 Å². The first-order valence-corrected chi connectivity index (χ1v) is 7.93. The number of anilines is 1. The van der Waals surface area contributed by atoms with Gasteiger partial charge in [0.15, 0.2) is 5.78 Å². The van der Waals surface area contributed by atoms with Gasteiger partial charge in [0.2, 0.25) is 0 Å². The molecule has 2 aromatic carbocycles. The minimum atomic E-state index is -0.765. The maximum Gasteiger partial charge on any atom is 0.320 e. The molecule has 1 aliphatic carbocycles. The Labute approximate surface area is 140 Å². The molecule has 1 aliphatic rings. The fraction of sp³-hybridized carbons (Fsp3) is 0.263. The number of ketones is 1. The third-order valence-electron chi connectivity index (χ3n) is 4.50. The Balaban J connectivity index is 1.77. The molecule has 0 bridgehead atoms. The second-order valence-electron chi connectivity index (χ2n) is 6.11. The summed E-state index contributed by atoms with van der Waals surface area (Å²) in [5, 5.41) is 15.6. The number of aliphatic hydroxyl groups excluding tert-OH is 1. The molecule has 1 atom stereocenters. The molecular weight excluding hydrogens is 304 g/mol. The summed E-state index contributed by atoms with van der Waals surface area (Å²) in [4.78, 5) is 23.8. The number of urea groups is 1. The van der Waals surface area contributed by atoms with E-state index in [1.54, 1.807) is 24.3 Å². The van der Waals surface area contributed by atoms with Crippen LogP contribution >= 0.6 is 0 Å². The number of hydrogen-bond acceptors (Lipinski definition) is 3. The van der Waals surface area contributed by atoms with E-state index in [1.165, 1.54) is 6.92 Å². The molecule has 0 aromatic heterocycles. The first kappa shape index (κ1) is 16.2. The van der Waals surface area contributed by atoms with Crippen molar-refractivity contribution in [2.75, 3.05) is 11.9 Å². The van der Waals surface area contributed by atoms with Crippen molar-refractivity contribution in [2.24, 2.45) is 0 Å². The minimum Gasteiger partial charge on any atom is -0.394 e. The lowest BCUT2D eigenvalue weighted by Crippen LogP contribution is -2.48. The molecular formula is C19H20N2O3. The normalized spacial score (nSPS) is 18.8. The molecule has 0 heterocycles. The lowest BCUT2D eigenvalue weighted by molar-refractivity contribution is 0.101. The summed E-state index contributed by atoms with van der Waals surface area (Å²) >= 11 is 0. The number of Topliss-reactive ketones (excluding diaryl/α,β-unsaturated/α-hetero) is 1. The van der Waals surface area contributed by atoms with Gasteiger partial charge in [-0.25, -0.2) is 4.79 Å². The summed E-state index contributed by atoms with van der Waals surface area (Å²) in [6.45, 7) is 1.32. The van der Waals surface area contributed by atoms with Crippen LogP contribution in [0.15, 0.2) is 48.5 Å². The van der Waals surface area contributed by atoms with Crippen molar-refractivity contribution in [2.45, 2.75) is 25.3 Å². The predicted octanol–water partition coefficient (Wildman–Crippen LogP) is 2.84. The van der Waals surface area contributed by atoms with Gasteiger partial charge in [0.05, 0.1) is 12.1 Å². The molecule has 3 N–H and O–H groups in total. The second-order valence-corrected chi connectivity index (χ2v) is 6.11. The standard InChI is InChI=1S/C19H20N2O3/c1-13(23)15-6-4-7-16(11-15)20-18(24)21-19(12-22)10-9-14-5-2-3-8-17(14)19/h2-8,11,22H,9-10,12H2,1H3,(H2,20,21,24). The summed E-state index contributed by atoms with van der Waals surface area (Å²) in [5.41, 5.74) is 2.42. The predicted molar refractivity (Wildman–Crippen MR) is 92.1 cm³/mol. The highest BCUT2D eigenvalue weighted by molar-refractivity contribution is 5.96. The quantitative estimate of drug-likeness (QED) is 0.757. The van der Waals surface area contributed by atoms with Crippen molar-refractivity contribution < 1.29 is 14.7 Å². The van der Waals surface area contributed by atoms with E-state index in [4.69, 9.17) is 0 Å². The fourth-order valence-corrected chi connectivity index (χ4v) is 3.22. The van der Waals surface area contributed by atoms with Crippen molar-refractivity contribution in [3.8, 4) is 0 Å². The van der Waals surface area contributed by atoms with Crippen LogP contribution in [0.3, 0.4) is 0 Å². The molecule has 0 spiro atoms. The average molecular weight is 324 g/mol. The van der Waals surface area contributed by atoms with Crippen molar-refractivity contribution in [1.82, 2.24) is 5.32 Å². The maximum absolute atomic E-state index is 12.4. The molecule has 0 radical (unpaired) electrons. The summed E-state index contributed by atoms with van der Waals surface area (Å²) in [6, 6.07) is 14.2. The zero-order valence-corrected chi connectivity index (χ0v) is 13.5. The second kappa shape index (κ2) is 6.45. The van der Waals surface area contributed by atoms with Crippen molar-refractivity contribution >= 4 is 17.5 Å². The van der Waals surface area contributed by atoms with Crippen LogP contribution in [-0.2, 0) is 12.0 Å². The number of amides is 2. The van der Waals surface area contributed by atoms with Crippen LogP contribution < -0.4 is 10.6 Å². The van der Waals surface area contributed by atoms with Gasteiger partial charge in [-0.15, -0.1) is 0 Å². The lowest BCUT2D eigenvalue weighted by atomic mass is 9.93. The first-order valence-electron chi connectivity index (χ1n) is 7.93. The molecule has 124 valence electrons. The number of rotatable bonds is 4. The van der Waals surface area contributed by atoms with Gasteiger partial charge in [0, 0.05) is 11.3 Å². The van der Waals surface area contributed by atoms with E-state index in [1.807, 2.05) is 24.3 Å². The smallest absolute Gasteiger partial charge is 0.320 e. The third kappa shape index (κ3) is 3.03. The van der Waals surface area contributed by atoms with Crippen molar-refractivity contribution in [3.05, 3.63) is 65.2 Å². The van der Waals surface area contributed by atoms with E-state index < -0.39 is 11.6 Å². The third-order valence-corrected chi connectivity index (χ3v) is 4.50. The molecule has 24 heavy (non-hydrogen) atoms. The number of carbonyl (C=O) groups is 2. The van der Waals surface area contributed by atoms with E-state index in [-0.39, 0.29) is 12.4 Å². The van der Waals surface area contributed by atoms with Crippen LogP contribution in [0.5, 0.6) is 0 Å². The largest absolute Gasteiger partial charge is 0.394 e. The highest BCUT2D eigenvalue weighted by Crippen LogP contribution is 2.36. The Morgan fingerprint density at radius 2 is 1.96 bits per heavy atom. The summed E-state index contributed by atoms with van der Waals surface area (Å²) in [5.74, 6) is -0.0596. The number of hydrogen-bond donors (Lipinski definition) is 3. The molecule has 5 heteroatoms. The molecule has 0 saturated heterocycles. The van der Waals surface area contributed by atoms with E-state index in [0.717, 1.165) is 17.5 Å². The first-order chi connectivity index (χ1) is 11.5. The molecule has 5 nitrogen and oxygen atoms in total. The average Bonchev–Trinajstić information content (AvgIpc) is 2.94. The topological polar surface area (TPSA) is 78.4 Å². The minimum absolute atomic E-state index is 0.0596. The van der Waals surface area contributed by atoms with Crippen LogP contribution in [0, 0.1) is 0 Å². The number of benzene rings is 2. The van der Waals surface area contributed by atoms with Crippen LogP contribution in [0.25, 0.3) is 0 Å². The molecule has 0 aliphatic heterocycles. The van der Waals surface area contributed by atoms with E-state index in [2.05, 4.69) is 10.6 Å². The van der Waals surface area contributed by atoms with E-state index in [9.17, 15) is 14.7 Å². The van der Waals surface area contributed by atoms with Crippen LogP contribution in [0.1, 0.15) is 34.8 Å². The Hall–Kier alpha value is -2.66. The van der Waals surface area contributed by atoms with Gasteiger partial charge in [0.25, 0.3) is 0 Å². The number of aryl methyl sites for hydroxylation is 1. The Kier molecular flexibility index (Phi) is 4.36. The molecule has 2 amide bonds. The van der Waals surface area contributed by atoms with E-state index >= 15 is 0 Å². The zero-order chi connectivity index (χ0) is 17.2. The number of nitrogens with one attached hydrogen (secondary N) is 2. The van der Waals surface area contributed by atoms with Gasteiger partial charge in [-0.1, -0.05) is 36.4 Å². The Morgan fingerprint density at radius 1 is 1.17 bits per heavy atom. The van der Waals surface area contributed by atoms with Gasteiger partial charge in [0.1, 0.15) is 0 Å². The van der Waals surface area contributed by atoms with Crippen molar-refractivity contribution in [3.63, 3.8) is 0 Å². The molecule has 2 aromatic rings. The zero-order valence-electron chi connectivity index (χ0n) is 13.5. The highest BCUT2D eigenvalue weighted by Gasteiger charge is 2.39. The van der Waals surface area contributed by atoms with Crippen LogP contribution in [0.4, 0.5) is 10.5 Å². The monoisotopic (exact) mass is 324 g/mol.